The van der Waals surface area contributed by atoms with Crippen LogP contribution in [0.3, 0.4) is 0 Å². The summed E-state index contributed by atoms with van der Waals surface area (Å²) in [5.41, 5.74) is 1.60. The molecule has 0 saturated carbocycles. The predicted octanol–water partition coefficient (Wildman–Crippen LogP) is 3.19. The van der Waals surface area contributed by atoms with Gasteiger partial charge >= 0.3 is 0 Å². The number of hydrogen-bond donors (Lipinski definition) is 0. The van der Waals surface area contributed by atoms with E-state index in [1.807, 2.05) is 43.3 Å². The topological polar surface area (TPSA) is 39.1 Å². The van der Waals surface area contributed by atoms with Gasteiger partial charge in [-0.2, -0.15) is 0 Å². The normalized spacial score (nSPS) is 10.7. The smallest absolute Gasteiger partial charge is 0.258 e. The van der Waals surface area contributed by atoms with Gasteiger partial charge in [-0.1, -0.05) is 48.0 Å². The Hall–Kier alpha value is -2.68. The third-order valence-corrected chi connectivity index (χ3v) is 3.57. The minimum Gasteiger partial charge on any atom is -0.307 e. The summed E-state index contributed by atoms with van der Waals surface area (Å²) in [4.78, 5) is 24.6. The minimum absolute atomic E-state index is 0.0622. The fourth-order valence-electron chi connectivity index (χ4n) is 2.34. The van der Waals surface area contributed by atoms with Crippen LogP contribution in [-0.2, 0) is 6.54 Å². The monoisotopic (exact) mass is 277 g/mol. The van der Waals surface area contributed by atoms with Gasteiger partial charge in [-0.15, -0.1) is 0 Å². The molecule has 2 aromatic carbocycles. The second-order valence-electron chi connectivity index (χ2n) is 5.13. The molecule has 0 aliphatic rings. The van der Waals surface area contributed by atoms with Crippen molar-refractivity contribution < 1.29 is 4.79 Å². The molecule has 3 heteroatoms. The summed E-state index contributed by atoms with van der Waals surface area (Å²) in [6.45, 7) is 2.04. The van der Waals surface area contributed by atoms with Gasteiger partial charge in [-0.05, 0) is 24.4 Å². The Balaban J connectivity index is 1.95. The third kappa shape index (κ3) is 2.63. The maximum absolute atomic E-state index is 12.4. The lowest BCUT2D eigenvalue weighted by molar-refractivity contribution is 0.0971. The molecule has 1 heterocycles. The largest absolute Gasteiger partial charge is 0.307 e. The number of carbonyl (C=O) groups excluding carboxylic acids is 1. The summed E-state index contributed by atoms with van der Waals surface area (Å²) in [5.74, 6) is -0.0626. The molecule has 0 fully saturated rings. The van der Waals surface area contributed by atoms with E-state index in [-0.39, 0.29) is 17.9 Å². The lowest BCUT2D eigenvalue weighted by atomic mass is 10.1. The summed E-state index contributed by atoms with van der Waals surface area (Å²) >= 11 is 0. The van der Waals surface area contributed by atoms with E-state index in [1.54, 1.807) is 24.4 Å². The van der Waals surface area contributed by atoms with Crippen LogP contribution in [0.4, 0.5) is 0 Å². The highest BCUT2D eigenvalue weighted by atomic mass is 16.1. The van der Waals surface area contributed by atoms with Crippen molar-refractivity contribution in [3.8, 4) is 0 Å². The molecule has 0 amide bonds. The Kier molecular flexibility index (Phi) is 3.40. The fraction of sp³-hybridized carbons (Fsp3) is 0.111. The number of rotatable bonds is 3. The number of pyridine rings is 1. The van der Waals surface area contributed by atoms with Crippen LogP contribution in [0.2, 0.25) is 0 Å². The van der Waals surface area contributed by atoms with E-state index >= 15 is 0 Å². The number of hydrogen-bond acceptors (Lipinski definition) is 2. The quantitative estimate of drug-likeness (QED) is 0.690. The second kappa shape index (κ2) is 5.37. The highest BCUT2D eigenvalue weighted by Gasteiger charge is 2.09. The lowest BCUT2D eigenvalue weighted by Crippen LogP contribution is -2.23. The number of aryl methyl sites for hydroxylation is 1. The number of fused-ring (bicyclic) bond motifs is 1. The van der Waals surface area contributed by atoms with Gasteiger partial charge in [-0.3, -0.25) is 9.59 Å². The SMILES string of the molecule is Cc1ccc(C(=O)Cn2ccc3ccccc3c2=O)cc1. The first-order valence-electron chi connectivity index (χ1n) is 6.83. The molecule has 104 valence electrons. The molecule has 0 aliphatic carbocycles. The Morgan fingerprint density at radius 3 is 2.48 bits per heavy atom. The van der Waals surface area contributed by atoms with Crippen LogP contribution in [0.25, 0.3) is 10.8 Å². The zero-order valence-electron chi connectivity index (χ0n) is 11.7. The van der Waals surface area contributed by atoms with Crippen molar-refractivity contribution in [1.82, 2.24) is 4.57 Å². The van der Waals surface area contributed by atoms with E-state index in [0.29, 0.717) is 10.9 Å². The van der Waals surface area contributed by atoms with Crippen LogP contribution >= 0.6 is 0 Å². The van der Waals surface area contributed by atoms with Crippen molar-refractivity contribution in [2.75, 3.05) is 0 Å². The van der Waals surface area contributed by atoms with Crippen LogP contribution in [0.5, 0.6) is 0 Å². The molecule has 0 bridgehead atoms. The molecule has 3 aromatic rings. The molecular weight excluding hydrogens is 262 g/mol. The van der Waals surface area contributed by atoms with Crippen molar-refractivity contribution in [2.45, 2.75) is 13.5 Å². The van der Waals surface area contributed by atoms with E-state index in [9.17, 15) is 9.59 Å². The molecule has 0 spiro atoms. The van der Waals surface area contributed by atoms with Crippen molar-refractivity contribution in [1.29, 1.82) is 0 Å². The molecule has 0 atom stereocenters. The number of benzene rings is 2. The van der Waals surface area contributed by atoms with E-state index < -0.39 is 0 Å². The first-order valence-corrected chi connectivity index (χ1v) is 6.83. The first-order chi connectivity index (χ1) is 10.1. The van der Waals surface area contributed by atoms with Gasteiger partial charge in [0.25, 0.3) is 5.56 Å². The third-order valence-electron chi connectivity index (χ3n) is 3.57. The van der Waals surface area contributed by atoms with Gasteiger partial charge in [0.15, 0.2) is 5.78 Å². The van der Waals surface area contributed by atoms with Crippen LogP contribution in [0, 0.1) is 6.92 Å². The minimum atomic E-state index is -0.131. The summed E-state index contributed by atoms with van der Waals surface area (Å²) in [6.07, 6.45) is 1.68. The maximum atomic E-state index is 12.4. The Morgan fingerprint density at radius 2 is 1.71 bits per heavy atom. The molecule has 0 N–H and O–H groups in total. The van der Waals surface area contributed by atoms with Gasteiger partial charge in [0.1, 0.15) is 0 Å². The molecule has 0 saturated heterocycles. The summed E-state index contributed by atoms with van der Waals surface area (Å²) in [6, 6.07) is 16.6. The Labute approximate surface area is 122 Å². The zero-order chi connectivity index (χ0) is 14.8. The highest BCUT2D eigenvalue weighted by Crippen LogP contribution is 2.09. The average Bonchev–Trinajstić information content (AvgIpc) is 2.51. The standard InChI is InChI=1S/C18H15NO2/c1-13-6-8-15(9-7-13)17(20)12-19-11-10-14-4-2-3-5-16(14)18(19)21/h2-11H,12H2,1H3. The molecule has 3 nitrogen and oxygen atoms in total. The van der Waals surface area contributed by atoms with Gasteiger partial charge in [0.05, 0.1) is 6.54 Å². The Bertz CT molecular complexity index is 860. The summed E-state index contributed by atoms with van der Waals surface area (Å²) in [7, 11) is 0. The van der Waals surface area contributed by atoms with Gasteiger partial charge in [0, 0.05) is 17.1 Å². The van der Waals surface area contributed by atoms with Crippen LogP contribution < -0.4 is 5.56 Å². The fourth-order valence-corrected chi connectivity index (χ4v) is 2.34. The summed E-state index contributed by atoms with van der Waals surface area (Å²) in [5, 5.41) is 1.53. The second-order valence-corrected chi connectivity index (χ2v) is 5.13. The van der Waals surface area contributed by atoms with E-state index in [4.69, 9.17) is 0 Å². The average molecular weight is 277 g/mol. The zero-order valence-corrected chi connectivity index (χ0v) is 11.7. The molecule has 1 aromatic heterocycles. The van der Waals surface area contributed by atoms with Crippen LogP contribution in [-0.4, -0.2) is 10.4 Å². The molecule has 3 rings (SSSR count). The molecule has 0 aliphatic heterocycles. The lowest BCUT2D eigenvalue weighted by Gasteiger charge is -2.07. The number of aromatic nitrogens is 1. The number of carbonyl (C=O) groups is 1. The van der Waals surface area contributed by atoms with Crippen LogP contribution in [0.1, 0.15) is 15.9 Å². The maximum Gasteiger partial charge on any atom is 0.258 e. The highest BCUT2D eigenvalue weighted by molar-refractivity contribution is 5.96. The van der Waals surface area contributed by atoms with E-state index in [0.717, 1.165) is 10.9 Å². The molecule has 0 radical (unpaired) electrons. The van der Waals surface area contributed by atoms with E-state index in [1.165, 1.54) is 4.57 Å². The van der Waals surface area contributed by atoms with Crippen LogP contribution in [0.15, 0.2) is 65.6 Å². The first kappa shape index (κ1) is 13.3. The molecule has 21 heavy (non-hydrogen) atoms. The number of nitrogens with zero attached hydrogens (tertiary/aromatic N) is 1. The number of ketones is 1. The molecule has 0 unspecified atom stereocenters. The van der Waals surface area contributed by atoms with Crippen molar-refractivity contribution in [2.24, 2.45) is 0 Å². The predicted molar refractivity (Wildman–Crippen MR) is 83.7 cm³/mol. The van der Waals surface area contributed by atoms with Crippen molar-refractivity contribution in [3.63, 3.8) is 0 Å². The van der Waals surface area contributed by atoms with Gasteiger partial charge < -0.3 is 4.57 Å². The number of Topliss-reactive ketones (excluding diaryl/α,β-unsaturated/α-hetero) is 1. The Morgan fingerprint density at radius 1 is 1.00 bits per heavy atom. The van der Waals surface area contributed by atoms with Gasteiger partial charge in [0.2, 0.25) is 0 Å². The summed E-state index contributed by atoms with van der Waals surface area (Å²) < 4.78 is 1.46. The molecular formula is C18H15NO2. The van der Waals surface area contributed by atoms with Gasteiger partial charge in [-0.25, -0.2) is 0 Å². The van der Waals surface area contributed by atoms with Crippen molar-refractivity contribution in [3.05, 3.63) is 82.3 Å². The van der Waals surface area contributed by atoms with Crippen molar-refractivity contribution >= 4 is 16.6 Å². The van der Waals surface area contributed by atoms with E-state index in [2.05, 4.69) is 0 Å².